The molecule has 0 spiro atoms. The number of amides is 2. The Bertz CT molecular complexity index is 1030. The van der Waals surface area contributed by atoms with Crippen LogP contribution in [0.4, 0.5) is 5.69 Å². The number of anilines is 1. The Kier molecular flexibility index (Phi) is 9.78. The summed E-state index contributed by atoms with van der Waals surface area (Å²) in [5, 5.41) is 3.35. The zero-order chi connectivity index (χ0) is 23.9. The third-order valence-electron chi connectivity index (χ3n) is 4.78. The molecule has 1 N–H and O–H groups in total. The molecule has 2 aromatic rings. The average Bonchev–Trinajstić information content (AvgIpc) is 2.74. The summed E-state index contributed by atoms with van der Waals surface area (Å²) >= 11 is 8.08. The molecule has 2 amide bonds. The maximum Gasteiger partial charge on any atom is 0.244 e. The summed E-state index contributed by atoms with van der Waals surface area (Å²) < 4.78 is 26.9. The lowest BCUT2D eigenvalue weighted by Gasteiger charge is -2.31. The highest BCUT2D eigenvalue weighted by molar-refractivity contribution is 14.1. The van der Waals surface area contributed by atoms with Gasteiger partial charge in [0.1, 0.15) is 12.6 Å². The van der Waals surface area contributed by atoms with E-state index >= 15 is 0 Å². The third kappa shape index (κ3) is 7.63. The van der Waals surface area contributed by atoms with Gasteiger partial charge in [-0.15, -0.1) is 0 Å². The molecule has 32 heavy (non-hydrogen) atoms. The van der Waals surface area contributed by atoms with Gasteiger partial charge in [0.15, 0.2) is 0 Å². The SMILES string of the molecule is CCCNC(=O)[C@@H](C)N(Cc1ccc(Cl)cc1)C(=O)CN(c1ccc(I)cc1)S(C)(=O)=O. The predicted molar refractivity (Wildman–Crippen MR) is 136 cm³/mol. The predicted octanol–water partition coefficient (Wildman–Crippen LogP) is 3.65. The minimum absolute atomic E-state index is 0.140. The molecule has 0 aliphatic heterocycles. The van der Waals surface area contributed by atoms with Crippen molar-refractivity contribution in [2.45, 2.75) is 32.9 Å². The summed E-state index contributed by atoms with van der Waals surface area (Å²) in [4.78, 5) is 27.4. The molecule has 0 saturated carbocycles. The lowest BCUT2D eigenvalue weighted by atomic mass is 10.1. The number of rotatable bonds is 10. The molecule has 0 aliphatic rings. The molecule has 0 heterocycles. The Hall–Kier alpha value is -1.85. The molecule has 2 aromatic carbocycles. The van der Waals surface area contributed by atoms with Gasteiger partial charge in [0.2, 0.25) is 21.8 Å². The van der Waals surface area contributed by atoms with Crippen molar-refractivity contribution in [2.75, 3.05) is 23.7 Å². The van der Waals surface area contributed by atoms with Crippen molar-refractivity contribution in [3.8, 4) is 0 Å². The van der Waals surface area contributed by atoms with Crippen molar-refractivity contribution in [3.05, 3.63) is 62.7 Å². The Balaban J connectivity index is 2.34. The van der Waals surface area contributed by atoms with Crippen LogP contribution in [-0.2, 0) is 26.2 Å². The highest BCUT2D eigenvalue weighted by Gasteiger charge is 2.29. The van der Waals surface area contributed by atoms with Crippen molar-refractivity contribution in [1.82, 2.24) is 10.2 Å². The van der Waals surface area contributed by atoms with E-state index in [2.05, 4.69) is 27.9 Å². The van der Waals surface area contributed by atoms with Crippen LogP contribution in [-0.4, -0.2) is 50.5 Å². The van der Waals surface area contributed by atoms with E-state index in [1.165, 1.54) is 4.90 Å². The first kappa shape index (κ1) is 26.4. The van der Waals surface area contributed by atoms with Crippen LogP contribution < -0.4 is 9.62 Å². The highest BCUT2D eigenvalue weighted by atomic mass is 127. The summed E-state index contributed by atoms with van der Waals surface area (Å²) in [5.41, 5.74) is 1.16. The van der Waals surface area contributed by atoms with Crippen molar-refractivity contribution in [3.63, 3.8) is 0 Å². The topological polar surface area (TPSA) is 86.8 Å². The minimum atomic E-state index is -3.73. The van der Waals surface area contributed by atoms with Crippen LogP contribution in [0, 0.1) is 3.57 Å². The summed E-state index contributed by atoms with van der Waals surface area (Å²) in [6.07, 6.45) is 1.82. The number of hydrogen-bond donors (Lipinski definition) is 1. The van der Waals surface area contributed by atoms with Crippen molar-refractivity contribution in [1.29, 1.82) is 0 Å². The van der Waals surface area contributed by atoms with Crippen molar-refractivity contribution < 1.29 is 18.0 Å². The molecule has 7 nitrogen and oxygen atoms in total. The number of nitrogens with zero attached hydrogens (tertiary/aromatic N) is 2. The van der Waals surface area contributed by atoms with Gasteiger partial charge in [-0.25, -0.2) is 8.42 Å². The standard InChI is InChI=1S/C22H27ClIN3O4S/c1-4-13-25-22(29)16(2)26(14-17-5-7-18(23)8-6-17)21(28)15-27(32(3,30)31)20-11-9-19(24)10-12-20/h5-12,16H,4,13-15H2,1-3H3,(H,25,29)/t16-/m1/s1. The van der Waals surface area contributed by atoms with Gasteiger partial charge in [-0.3, -0.25) is 13.9 Å². The molecule has 10 heteroatoms. The first-order valence-corrected chi connectivity index (χ1v) is 13.4. The normalized spacial score (nSPS) is 12.2. The van der Waals surface area contributed by atoms with Crippen LogP contribution in [0.15, 0.2) is 48.5 Å². The quantitative estimate of drug-likeness (QED) is 0.428. The Morgan fingerprint density at radius 1 is 1.09 bits per heavy atom. The fourth-order valence-corrected chi connectivity index (χ4v) is 4.32. The van der Waals surface area contributed by atoms with Crippen LogP contribution in [0.2, 0.25) is 5.02 Å². The van der Waals surface area contributed by atoms with Gasteiger partial charge in [0.25, 0.3) is 0 Å². The van der Waals surface area contributed by atoms with E-state index in [9.17, 15) is 18.0 Å². The van der Waals surface area contributed by atoms with Crippen LogP contribution in [0.25, 0.3) is 0 Å². The third-order valence-corrected chi connectivity index (χ3v) is 6.89. The molecule has 0 saturated heterocycles. The fourth-order valence-electron chi connectivity index (χ4n) is 2.99. The number of benzene rings is 2. The number of halogens is 2. The van der Waals surface area contributed by atoms with Crippen LogP contribution in [0.5, 0.6) is 0 Å². The van der Waals surface area contributed by atoms with E-state index in [1.54, 1.807) is 55.5 Å². The Morgan fingerprint density at radius 2 is 1.69 bits per heavy atom. The fraction of sp³-hybridized carbons (Fsp3) is 0.364. The van der Waals surface area contributed by atoms with Gasteiger partial charge in [-0.1, -0.05) is 30.7 Å². The Morgan fingerprint density at radius 3 is 2.22 bits per heavy atom. The van der Waals surface area contributed by atoms with Crippen LogP contribution in [0.3, 0.4) is 0 Å². The van der Waals surface area contributed by atoms with E-state index < -0.39 is 28.5 Å². The molecule has 0 bridgehead atoms. The van der Waals surface area contributed by atoms with Gasteiger partial charge < -0.3 is 10.2 Å². The maximum atomic E-state index is 13.3. The second-order valence-corrected chi connectivity index (χ2v) is 11.0. The van der Waals surface area contributed by atoms with Crippen molar-refractivity contribution >= 4 is 61.7 Å². The zero-order valence-corrected chi connectivity index (χ0v) is 21.9. The van der Waals surface area contributed by atoms with Crippen LogP contribution in [0.1, 0.15) is 25.8 Å². The van der Waals surface area contributed by atoms with E-state index in [1.807, 2.05) is 6.92 Å². The van der Waals surface area contributed by atoms with Crippen LogP contribution >= 0.6 is 34.2 Å². The van der Waals surface area contributed by atoms with Gasteiger partial charge >= 0.3 is 0 Å². The molecule has 1 atom stereocenters. The number of carbonyl (C=O) groups is 2. The Labute approximate surface area is 208 Å². The number of sulfonamides is 1. The lowest BCUT2D eigenvalue weighted by Crippen LogP contribution is -2.51. The van der Waals surface area contributed by atoms with E-state index in [4.69, 9.17) is 11.6 Å². The van der Waals surface area contributed by atoms with E-state index in [0.717, 1.165) is 26.1 Å². The monoisotopic (exact) mass is 591 g/mol. The number of hydrogen-bond acceptors (Lipinski definition) is 4. The summed E-state index contributed by atoms with van der Waals surface area (Å²) in [6, 6.07) is 13.0. The second-order valence-electron chi connectivity index (χ2n) is 7.36. The average molecular weight is 592 g/mol. The summed E-state index contributed by atoms with van der Waals surface area (Å²) in [7, 11) is -3.73. The largest absolute Gasteiger partial charge is 0.354 e. The summed E-state index contributed by atoms with van der Waals surface area (Å²) in [6.45, 7) is 3.78. The van der Waals surface area contributed by atoms with E-state index in [0.29, 0.717) is 17.3 Å². The molecular weight excluding hydrogens is 565 g/mol. The first-order chi connectivity index (χ1) is 15.0. The smallest absolute Gasteiger partial charge is 0.244 e. The zero-order valence-electron chi connectivity index (χ0n) is 18.2. The maximum absolute atomic E-state index is 13.3. The second kappa shape index (κ2) is 11.9. The molecule has 0 radical (unpaired) electrons. The molecule has 0 aromatic heterocycles. The molecule has 174 valence electrons. The van der Waals surface area contributed by atoms with Gasteiger partial charge in [0, 0.05) is 21.7 Å². The first-order valence-electron chi connectivity index (χ1n) is 10.1. The number of nitrogens with one attached hydrogen (secondary N) is 1. The molecule has 2 rings (SSSR count). The minimum Gasteiger partial charge on any atom is -0.354 e. The summed E-state index contributed by atoms with van der Waals surface area (Å²) in [5.74, 6) is -0.780. The van der Waals surface area contributed by atoms with Gasteiger partial charge in [-0.05, 0) is 77.9 Å². The van der Waals surface area contributed by atoms with Gasteiger partial charge in [0.05, 0.1) is 11.9 Å². The molecular formula is C22H27ClIN3O4S. The lowest BCUT2D eigenvalue weighted by molar-refractivity contribution is -0.139. The highest BCUT2D eigenvalue weighted by Crippen LogP contribution is 2.20. The van der Waals surface area contributed by atoms with E-state index in [-0.39, 0.29) is 12.5 Å². The van der Waals surface area contributed by atoms with Gasteiger partial charge in [-0.2, -0.15) is 0 Å². The molecule has 0 unspecified atom stereocenters. The molecule has 0 aliphatic carbocycles. The molecule has 0 fully saturated rings. The van der Waals surface area contributed by atoms with Crippen molar-refractivity contribution in [2.24, 2.45) is 0 Å². The number of carbonyl (C=O) groups excluding carboxylic acids is 2.